The summed E-state index contributed by atoms with van der Waals surface area (Å²) < 4.78 is 0. The second-order valence-electron chi connectivity index (χ2n) is 4.77. The summed E-state index contributed by atoms with van der Waals surface area (Å²) in [7, 11) is -1.32. The van der Waals surface area contributed by atoms with E-state index in [1.54, 1.807) is 6.08 Å². The van der Waals surface area contributed by atoms with Gasteiger partial charge >= 0.3 is 0 Å². The molecular weight excluding hydrogens is 232 g/mol. The van der Waals surface area contributed by atoms with Gasteiger partial charge in [0.2, 0.25) is 0 Å². The lowest BCUT2D eigenvalue weighted by atomic mass is 10.2. The molecule has 88 valence electrons. The van der Waals surface area contributed by atoms with Crippen molar-refractivity contribution < 1.29 is 0 Å². The molecule has 0 aliphatic heterocycles. The van der Waals surface area contributed by atoms with Crippen LogP contribution in [0.4, 0.5) is 0 Å². The molecule has 0 radical (unpaired) electrons. The van der Waals surface area contributed by atoms with E-state index >= 15 is 0 Å². The van der Waals surface area contributed by atoms with Gasteiger partial charge in [0.25, 0.3) is 0 Å². The molecule has 0 N–H and O–H groups in total. The van der Waals surface area contributed by atoms with Crippen molar-refractivity contribution in [1.82, 2.24) is 0 Å². The first-order valence-corrected chi connectivity index (χ1v) is 9.70. The number of unbranched alkanes of at least 4 members (excludes halogenated alkanes) is 3. The second-order valence-corrected chi connectivity index (χ2v) is 9.93. The van der Waals surface area contributed by atoms with Crippen LogP contribution in [0.5, 0.6) is 0 Å². The lowest BCUT2D eigenvalue weighted by molar-refractivity contribution is 0.737. The van der Waals surface area contributed by atoms with E-state index in [0.29, 0.717) is 5.03 Å². The lowest BCUT2D eigenvalue weighted by Crippen LogP contribution is -2.16. The Morgan fingerprint density at radius 2 is 1.94 bits per heavy atom. The van der Waals surface area contributed by atoms with Crippen LogP contribution in [-0.2, 0) is 0 Å². The van der Waals surface area contributed by atoms with Crippen LogP contribution in [0.1, 0.15) is 32.6 Å². The van der Waals surface area contributed by atoms with Gasteiger partial charge < -0.3 is 0 Å². The Morgan fingerprint density at radius 1 is 1.25 bits per heavy atom. The fourth-order valence-corrected chi connectivity index (χ4v) is 1.62. The summed E-state index contributed by atoms with van der Waals surface area (Å²) in [6, 6.07) is 0. The SMILES string of the molecule is CCCCCC#C/C=C(/Cl)C#C[Si](C)(C)C. The smallest absolute Gasteiger partial charge is 0.126 e. The Kier molecular flexibility index (Phi) is 8.17. The van der Waals surface area contributed by atoms with E-state index in [4.69, 9.17) is 11.6 Å². The number of allylic oxidation sites excluding steroid dienone is 2. The van der Waals surface area contributed by atoms with Crippen molar-refractivity contribution in [3.8, 4) is 23.3 Å². The van der Waals surface area contributed by atoms with Crippen molar-refractivity contribution >= 4 is 19.7 Å². The molecule has 0 heterocycles. The van der Waals surface area contributed by atoms with Crippen molar-refractivity contribution in [1.29, 1.82) is 0 Å². The maximum Gasteiger partial charge on any atom is 0.129 e. The standard InChI is InChI=1S/C14H21ClSi/c1-5-6-7-8-9-10-11-14(15)12-13-16(2,3)4/h11H,5-8H2,1-4H3/b14-11+. The molecule has 16 heavy (non-hydrogen) atoms. The summed E-state index contributed by atoms with van der Waals surface area (Å²) in [5, 5.41) is 0.561. The lowest BCUT2D eigenvalue weighted by Gasteiger charge is -2.02. The maximum atomic E-state index is 5.93. The highest BCUT2D eigenvalue weighted by Crippen LogP contribution is 2.02. The minimum Gasteiger partial charge on any atom is -0.126 e. The molecule has 0 atom stereocenters. The molecule has 0 aromatic rings. The van der Waals surface area contributed by atoms with Crippen LogP contribution in [0.15, 0.2) is 11.1 Å². The fraction of sp³-hybridized carbons (Fsp3) is 0.571. The summed E-state index contributed by atoms with van der Waals surface area (Å²) in [5.41, 5.74) is 3.20. The van der Waals surface area contributed by atoms with Crippen molar-refractivity contribution in [3.05, 3.63) is 11.1 Å². The molecule has 0 nitrogen and oxygen atoms in total. The summed E-state index contributed by atoms with van der Waals surface area (Å²) in [4.78, 5) is 0. The van der Waals surface area contributed by atoms with Gasteiger partial charge in [-0.3, -0.25) is 0 Å². The zero-order valence-corrected chi connectivity index (χ0v) is 12.5. The predicted octanol–water partition coefficient (Wildman–Crippen LogP) is 4.57. The summed E-state index contributed by atoms with van der Waals surface area (Å²) in [5.74, 6) is 8.99. The highest BCUT2D eigenvalue weighted by atomic mass is 35.5. The van der Waals surface area contributed by atoms with Gasteiger partial charge in [0.05, 0.1) is 5.03 Å². The molecule has 0 spiro atoms. The Morgan fingerprint density at radius 3 is 2.50 bits per heavy atom. The van der Waals surface area contributed by atoms with Crippen molar-refractivity contribution in [3.63, 3.8) is 0 Å². The van der Waals surface area contributed by atoms with Crippen molar-refractivity contribution in [2.75, 3.05) is 0 Å². The van der Waals surface area contributed by atoms with Gasteiger partial charge in [0, 0.05) is 12.5 Å². The molecule has 0 aliphatic carbocycles. The largest absolute Gasteiger partial charge is 0.129 e. The minimum absolute atomic E-state index is 0.561. The van der Waals surface area contributed by atoms with Crippen LogP contribution in [-0.4, -0.2) is 8.07 Å². The first-order chi connectivity index (χ1) is 7.45. The molecule has 0 unspecified atom stereocenters. The third-order valence-electron chi connectivity index (χ3n) is 1.76. The Labute approximate surface area is 106 Å². The first-order valence-electron chi connectivity index (χ1n) is 5.83. The second kappa shape index (κ2) is 8.51. The summed E-state index contributed by atoms with van der Waals surface area (Å²) in [6.45, 7) is 8.78. The number of halogens is 1. The van der Waals surface area contributed by atoms with Crippen LogP contribution >= 0.6 is 11.6 Å². The van der Waals surface area contributed by atoms with Crippen LogP contribution in [0.25, 0.3) is 0 Å². The van der Waals surface area contributed by atoms with E-state index in [1.807, 2.05) is 0 Å². The molecule has 0 amide bonds. The maximum absolute atomic E-state index is 5.93. The molecule has 2 heteroatoms. The number of rotatable bonds is 3. The van der Waals surface area contributed by atoms with E-state index in [9.17, 15) is 0 Å². The van der Waals surface area contributed by atoms with E-state index in [2.05, 4.69) is 49.9 Å². The van der Waals surface area contributed by atoms with E-state index < -0.39 is 8.07 Å². The summed E-state index contributed by atoms with van der Waals surface area (Å²) >= 11 is 5.93. The van der Waals surface area contributed by atoms with Crippen molar-refractivity contribution in [2.45, 2.75) is 52.2 Å². The number of hydrogen-bond donors (Lipinski definition) is 0. The highest BCUT2D eigenvalue weighted by Gasteiger charge is 2.07. The quantitative estimate of drug-likeness (QED) is 0.392. The number of hydrogen-bond acceptors (Lipinski definition) is 0. The van der Waals surface area contributed by atoms with Crippen molar-refractivity contribution in [2.24, 2.45) is 0 Å². The average molecular weight is 253 g/mol. The highest BCUT2D eigenvalue weighted by molar-refractivity contribution is 6.84. The monoisotopic (exact) mass is 252 g/mol. The minimum atomic E-state index is -1.32. The molecule has 0 aromatic carbocycles. The molecule has 0 saturated carbocycles. The van der Waals surface area contributed by atoms with E-state index in [1.165, 1.54) is 19.3 Å². The fourth-order valence-electron chi connectivity index (χ4n) is 0.933. The topological polar surface area (TPSA) is 0 Å². The third-order valence-corrected chi connectivity index (χ3v) is 2.84. The van der Waals surface area contributed by atoms with E-state index in [0.717, 1.165) is 6.42 Å². The predicted molar refractivity (Wildman–Crippen MR) is 77.0 cm³/mol. The molecule has 0 saturated heterocycles. The van der Waals surface area contributed by atoms with Crippen LogP contribution in [0.3, 0.4) is 0 Å². The van der Waals surface area contributed by atoms with Gasteiger partial charge in [-0.05, 0) is 6.42 Å². The van der Waals surface area contributed by atoms with E-state index in [-0.39, 0.29) is 0 Å². The zero-order valence-electron chi connectivity index (χ0n) is 10.8. The van der Waals surface area contributed by atoms with Gasteiger partial charge in [-0.15, -0.1) is 5.54 Å². The molecule has 0 aromatic heterocycles. The zero-order chi connectivity index (χ0) is 12.4. The van der Waals surface area contributed by atoms with Gasteiger partial charge in [0.15, 0.2) is 0 Å². The molecule has 0 bridgehead atoms. The van der Waals surface area contributed by atoms with Crippen LogP contribution in [0.2, 0.25) is 19.6 Å². The first kappa shape index (κ1) is 15.4. The average Bonchev–Trinajstić information content (AvgIpc) is 2.19. The molecule has 0 fully saturated rings. The Bertz CT molecular complexity index is 339. The summed E-state index contributed by atoms with van der Waals surface area (Å²) in [6.07, 6.45) is 6.33. The molecular formula is C14H21ClSi. The van der Waals surface area contributed by atoms with Gasteiger partial charge in [-0.1, -0.05) is 68.8 Å². The van der Waals surface area contributed by atoms with Gasteiger partial charge in [-0.2, -0.15) is 0 Å². The normalized spacial score (nSPS) is 11.2. The third kappa shape index (κ3) is 11.4. The molecule has 0 aliphatic rings. The van der Waals surface area contributed by atoms with Crippen LogP contribution < -0.4 is 0 Å². The Hall–Kier alpha value is -0.633. The van der Waals surface area contributed by atoms with Gasteiger partial charge in [-0.25, -0.2) is 0 Å². The van der Waals surface area contributed by atoms with Gasteiger partial charge in [0.1, 0.15) is 8.07 Å². The Balaban J connectivity index is 4.07. The van der Waals surface area contributed by atoms with Crippen LogP contribution in [0, 0.1) is 23.3 Å². The molecule has 0 rings (SSSR count).